The van der Waals surface area contributed by atoms with Gasteiger partial charge in [0.15, 0.2) is 0 Å². The third-order valence-electron chi connectivity index (χ3n) is 1.82. The predicted molar refractivity (Wildman–Crippen MR) is 67.7 cm³/mol. The molecule has 0 aliphatic carbocycles. The van der Waals surface area contributed by atoms with Gasteiger partial charge in [-0.1, -0.05) is 6.07 Å². The Bertz CT molecular complexity index is 450. The number of benzene rings is 1. The molecule has 2 rings (SSSR count). The molecule has 13 heavy (non-hydrogen) atoms. The van der Waals surface area contributed by atoms with Crippen LogP contribution in [0.3, 0.4) is 0 Å². The van der Waals surface area contributed by atoms with Gasteiger partial charge in [-0.15, -0.1) is 24.0 Å². The Morgan fingerprint density at radius 2 is 2.23 bits per heavy atom. The highest BCUT2D eigenvalue weighted by atomic mass is 127. The molecule has 0 spiro atoms. The van der Waals surface area contributed by atoms with Crippen molar-refractivity contribution in [3.63, 3.8) is 0 Å². The van der Waals surface area contributed by atoms with Gasteiger partial charge >= 0.3 is 0 Å². The molecular formula is C9H7IOS2. The van der Waals surface area contributed by atoms with E-state index in [2.05, 4.69) is 41.3 Å². The Morgan fingerprint density at radius 3 is 2.92 bits per heavy atom. The minimum absolute atomic E-state index is 0.125. The average molecular weight is 322 g/mol. The van der Waals surface area contributed by atoms with Gasteiger partial charge in [-0.2, -0.15) is 0 Å². The van der Waals surface area contributed by atoms with Crippen molar-refractivity contribution in [1.82, 2.24) is 0 Å². The van der Waals surface area contributed by atoms with Crippen LogP contribution in [0.25, 0.3) is 10.1 Å². The second kappa shape index (κ2) is 3.76. The van der Waals surface area contributed by atoms with Crippen molar-refractivity contribution in [1.29, 1.82) is 0 Å². The summed E-state index contributed by atoms with van der Waals surface area (Å²) in [5.74, 6) is 0. The van der Waals surface area contributed by atoms with Gasteiger partial charge in [0.1, 0.15) is 0 Å². The molecule has 1 heterocycles. The van der Waals surface area contributed by atoms with Gasteiger partial charge in [-0.3, -0.25) is 0 Å². The molecule has 0 amide bonds. The molecule has 0 fully saturated rings. The second-order valence-corrected chi connectivity index (χ2v) is 5.41. The summed E-state index contributed by atoms with van der Waals surface area (Å²) in [7, 11) is 0. The molecule has 1 aromatic heterocycles. The maximum atomic E-state index is 9.08. The van der Waals surface area contributed by atoms with Gasteiger partial charge in [0.25, 0.3) is 0 Å². The van der Waals surface area contributed by atoms with Crippen molar-refractivity contribution >= 4 is 56.6 Å². The topological polar surface area (TPSA) is 20.2 Å². The molecule has 1 aromatic carbocycles. The van der Waals surface area contributed by atoms with Gasteiger partial charge in [0, 0.05) is 23.4 Å². The molecule has 1 N–H and O–H groups in total. The molecule has 0 saturated heterocycles. The van der Waals surface area contributed by atoms with Gasteiger partial charge in [-0.05, 0) is 34.7 Å². The van der Waals surface area contributed by atoms with Crippen molar-refractivity contribution in [2.24, 2.45) is 0 Å². The van der Waals surface area contributed by atoms with E-state index in [9.17, 15) is 0 Å². The smallest absolute Gasteiger partial charge is 0.0785 e. The highest BCUT2D eigenvalue weighted by molar-refractivity contribution is 14.1. The minimum Gasteiger partial charge on any atom is -0.391 e. The zero-order valence-electron chi connectivity index (χ0n) is 6.62. The Kier molecular flexibility index (Phi) is 2.83. The quantitative estimate of drug-likeness (QED) is 0.610. The van der Waals surface area contributed by atoms with Gasteiger partial charge in [0.05, 0.1) is 6.61 Å². The molecule has 0 bridgehead atoms. The molecule has 2 aromatic rings. The van der Waals surface area contributed by atoms with E-state index in [1.54, 1.807) is 11.3 Å². The zero-order valence-corrected chi connectivity index (χ0v) is 10.5. The number of hydrogen-bond acceptors (Lipinski definition) is 3. The largest absolute Gasteiger partial charge is 0.391 e. The van der Waals surface area contributed by atoms with E-state index in [1.165, 1.54) is 10.1 Å². The Hall–Kier alpha value is 0.220. The first kappa shape index (κ1) is 9.76. The summed E-state index contributed by atoms with van der Waals surface area (Å²) in [6.07, 6.45) is 0. The molecule has 0 radical (unpaired) electrons. The standard InChI is InChI=1S/C9H7IOS2/c10-9-6-2-1-5(12)3-7(6)13-8(9)4-11/h1-3,11-12H,4H2. The van der Waals surface area contributed by atoms with Crippen molar-refractivity contribution in [3.05, 3.63) is 26.6 Å². The van der Waals surface area contributed by atoms with Gasteiger partial charge in [-0.25, -0.2) is 0 Å². The first-order valence-corrected chi connectivity index (χ1v) is 6.07. The lowest BCUT2D eigenvalue weighted by molar-refractivity contribution is 0.285. The fourth-order valence-electron chi connectivity index (χ4n) is 1.21. The van der Waals surface area contributed by atoms with Crippen LogP contribution in [0.2, 0.25) is 0 Å². The number of fused-ring (bicyclic) bond motifs is 1. The molecule has 0 aliphatic heterocycles. The highest BCUT2D eigenvalue weighted by Crippen LogP contribution is 2.33. The van der Waals surface area contributed by atoms with E-state index in [1.807, 2.05) is 12.1 Å². The van der Waals surface area contributed by atoms with E-state index in [0.29, 0.717) is 0 Å². The monoisotopic (exact) mass is 322 g/mol. The van der Waals surface area contributed by atoms with E-state index in [-0.39, 0.29) is 6.61 Å². The number of aliphatic hydroxyl groups excluding tert-OH is 1. The van der Waals surface area contributed by atoms with E-state index < -0.39 is 0 Å². The van der Waals surface area contributed by atoms with Crippen LogP contribution in [0.1, 0.15) is 4.88 Å². The molecule has 4 heteroatoms. The van der Waals surface area contributed by atoms with E-state index in [0.717, 1.165) is 13.3 Å². The molecule has 1 nitrogen and oxygen atoms in total. The summed E-state index contributed by atoms with van der Waals surface area (Å²) >= 11 is 8.18. The number of thiol groups is 1. The fraction of sp³-hybridized carbons (Fsp3) is 0.111. The second-order valence-electron chi connectivity index (χ2n) is 2.68. The van der Waals surface area contributed by atoms with Crippen LogP contribution in [0.15, 0.2) is 23.1 Å². The molecule has 0 aliphatic rings. The SMILES string of the molecule is OCc1sc2cc(S)ccc2c1I. The van der Waals surface area contributed by atoms with Gasteiger partial charge < -0.3 is 5.11 Å². The van der Waals surface area contributed by atoms with Crippen LogP contribution in [-0.4, -0.2) is 5.11 Å². The Labute approximate surface area is 99.3 Å². The number of rotatable bonds is 1. The predicted octanol–water partition coefficient (Wildman–Crippen LogP) is 3.29. The highest BCUT2D eigenvalue weighted by Gasteiger charge is 2.08. The van der Waals surface area contributed by atoms with Crippen LogP contribution in [0.5, 0.6) is 0 Å². The first-order valence-electron chi connectivity index (χ1n) is 3.73. The fourth-order valence-corrected chi connectivity index (χ4v) is 3.65. The molecule has 0 unspecified atom stereocenters. The van der Waals surface area contributed by atoms with Crippen molar-refractivity contribution in [2.45, 2.75) is 11.5 Å². The minimum atomic E-state index is 0.125. The normalized spacial score (nSPS) is 11.0. The molecule has 0 atom stereocenters. The van der Waals surface area contributed by atoms with Crippen LogP contribution in [-0.2, 0) is 6.61 Å². The van der Waals surface area contributed by atoms with Crippen LogP contribution in [0, 0.1) is 3.57 Å². The van der Waals surface area contributed by atoms with Crippen LogP contribution >= 0.6 is 46.6 Å². The average Bonchev–Trinajstić information content (AvgIpc) is 2.42. The number of halogens is 1. The number of aliphatic hydroxyl groups is 1. The van der Waals surface area contributed by atoms with Gasteiger partial charge in [0.2, 0.25) is 0 Å². The molecule has 0 saturated carbocycles. The lowest BCUT2D eigenvalue weighted by Gasteiger charge is -1.91. The number of hydrogen-bond donors (Lipinski definition) is 2. The first-order chi connectivity index (χ1) is 6.22. The zero-order chi connectivity index (χ0) is 9.42. The summed E-state index contributed by atoms with van der Waals surface area (Å²) < 4.78 is 2.36. The van der Waals surface area contributed by atoms with Crippen molar-refractivity contribution in [3.8, 4) is 0 Å². The summed E-state index contributed by atoms with van der Waals surface area (Å²) in [6, 6.07) is 6.06. The third kappa shape index (κ3) is 1.72. The summed E-state index contributed by atoms with van der Waals surface area (Å²) in [5, 5.41) is 10.3. The maximum Gasteiger partial charge on any atom is 0.0785 e. The molecule has 68 valence electrons. The van der Waals surface area contributed by atoms with Crippen LogP contribution in [0.4, 0.5) is 0 Å². The lowest BCUT2D eigenvalue weighted by Crippen LogP contribution is -1.78. The third-order valence-corrected chi connectivity index (χ3v) is 4.84. The van der Waals surface area contributed by atoms with E-state index in [4.69, 9.17) is 5.11 Å². The Balaban J connectivity index is 2.76. The van der Waals surface area contributed by atoms with Crippen molar-refractivity contribution in [2.75, 3.05) is 0 Å². The van der Waals surface area contributed by atoms with E-state index >= 15 is 0 Å². The van der Waals surface area contributed by atoms with Crippen molar-refractivity contribution < 1.29 is 5.11 Å². The number of thiophene rings is 1. The lowest BCUT2D eigenvalue weighted by atomic mass is 10.2. The molecular weight excluding hydrogens is 315 g/mol. The maximum absolute atomic E-state index is 9.08. The summed E-state index contributed by atoms with van der Waals surface area (Å²) in [6.45, 7) is 0.125. The Morgan fingerprint density at radius 1 is 1.46 bits per heavy atom. The summed E-state index contributed by atoms with van der Waals surface area (Å²) in [4.78, 5) is 2.00. The van der Waals surface area contributed by atoms with Crippen LogP contribution < -0.4 is 0 Å². The summed E-state index contributed by atoms with van der Waals surface area (Å²) in [5.41, 5.74) is 0.